The monoisotopic (exact) mass is 214 g/mol. The number of hydrogen-bond acceptors (Lipinski definition) is 1. The van der Waals surface area contributed by atoms with E-state index in [4.69, 9.17) is 0 Å². The van der Waals surface area contributed by atoms with Crippen LogP contribution in [0, 0.1) is 11.8 Å². The highest BCUT2D eigenvalue weighted by atomic mass is 16.1. The highest BCUT2D eigenvalue weighted by Gasteiger charge is 2.23. The Morgan fingerprint density at radius 2 is 2.06 bits per heavy atom. The van der Waals surface area contributed by atoms with E-state index in [1.807, 2.05) is 30.3 Å². The lowest BCUT2D eigenvalue weighted by Crippen LogP contribution is -2.20. The molecule has 1 aromatic carbocycles. The summed E-state index contributed by atoms with van der Waals surface area (Å²) in [5, 5.41) is 0. The van der Waals surface area contributed by atoms with Crippen LogP contribution < -0.4 is 0 Å². The number of benzene rings is 1. The lowest BCUT2D eigenvalue weighted by Gasteiger charge is -2.22. The number of carbonyl (C=O) groups excluding carboxylic acids is 1. The molecule has 0 aromatic heterocycles. The predicted molar refractivity (Wildman–Crippen MR) is 66.4 cm³/mol. The van der Waals surface area contributed by atoms with Crippen LogP contribution >= 0.6 is 0 Å². The van der Waals surface area contributed by atoms with Gasteiger partial charge >= 0.3 is 0 Å². The molecule has 0 radical (unpaired) electrons. The maximum absolute atomic E-state index is 12.2. The third-order valence-corrected chi connectivity index (χ3v) is 3.37. The number of Topliss-reactive ketones (excluding diaryl/α,β-unsaturated/α-hetero) is 1. The zero-order chi connectivity index (χ0) is 11.4. The van der Waals surface area contributed by atoms with Gasteiger partial charge in [0, 0.05) is 11.5 Å². The number of rotatable bonds is 3. The Labute approximate surface area is 97.2 Å². The van der Waals surface area contributed by atoms with Gasteiger partial charge < -0.3 is 0 Å². The molecule has 0 bridgehead atoms. The molecular formula is C15H18O. The third-order valence-electron chi connectivity index (χ3n) is 3.37. The summed E-state index contributed by atoms with van der Waals surface area (Å²) in [6.45, 7) is 2.18. The fourth-order valence-corrected chi connectivity index (χ4v) is 2.33. The van der Waals surface area contributed by atoms with Crippen molar-refractivity contribution in [1.82, 2.24) is 0 Å². The molecule has 1 nitrogen and oxygen atoms in total. The maximum atomic E-state index is 12.2. The first-order chi connectivity index (χ1) is 7.81. The molecule has 0 aliphatic heterocycles. The van der Waals surface area contributed by atoms with E-state index in [1.54, 1.807) is 0 Å². The smallest absolute Gasteiger partial charge is 0.166 e. The van der Waals surface area contributed by atoms with Crippen LogP contribution in [0.2, 0.25) is 0 Å². The molecule has 0 unspecified atom stereocenters. The van der Waals surface area contributed by atoms with Crippen LogP contribution in [0.1, 0.15) is 36.5 Å². The molecule has 0 saturated carbocycles. The number of allylic oxidation sites excluding steroid dienone is 2. The van der Waals surface area contributed by atoms with Gasteiger partial charge in [-0.15, -0.1) is 0 Å². The van der Waals surface area contributed by atoms with Crippen molar-refractivity contribution in [2.45, 2.75) is 26.2 Å². The largest absolute Gasteiger partial charge is 0.294 e. The third kappa shape index (κ3) is 2.41. The fraction of sp³-hybridized carbons (Fsp3) is 0.400. The van der Waals surface area contributed by atoms with E-state index in [2.05, 4.69) is 19.1 Å². The molecule has 1 aromatic rings. The number of hydrogen-bond donors (Lipinski definition) is 0. The molecule has 0 spiro atoms. The summed E-state index contributed by atoms with van der Waals surface area (Å²) in [6, 6.07) is 9.65. The number of carbonyl (C=O) groups is 1. The van der Waals surface area contributed by atoms with Crippen molar-refractivity contribution in [3.05, 3.63) is 48.0 Å². The van der Waals surface area contributed by atoms with E-state index in [0.717, 1.165) is 24.8 Å². The normalized spacial score (nSPS) is 24.3. The molecular weight excluding hydrogens is 196 g/mol. The lowest BCUT2D eigenvalue weighted by molar-refractivity contribution is 0.0901. The van der Waals surface area contributed by atoms with Gasteiger partial charge in [-0.25, -0.2) is 0 Å². The molecule has 0 N–H and O–H groups in total. The van der Waals surface area contributed by atoms with Crippen molar-refractivity contribution in [1.29, 1.82) is 0 Å². The maximum Gasteiger partial charge on any atom is 0.166 e. The summed E-state index contributed by atoms with van der Waals surface area (Å²) in [5.74, 6) is 1.09. The molecule has 2 rings (SSSR count). The summed E-state index contributed by atoms with van der Waals surface area (Å²) in [5.41, 5.74) is 0.859. The molecule has 0 heterocycles. The van der Waals surface area contributed by atoms with Crippen molar-refractivity contribution in [2.75, 3.05) is 0 Å². The zero-order valence-electron chi connectivity index (χ0n) is 9.73. The van der Waals surface area contributed by atoms with Crippen molar-refractivity contribution in [3.8, 4) is 0 Å². The Hall–Kier alpha value is -1.37. The van der Waals surface area contributed by atoms with Gasteiger partial charge in [0.2, 0.25) is 0 Å². The van der Waals surface area contributed by atoms with E-state index in [9.17, 15) is 4.79 Å². The van der Waals surface area contributed by atoms with E-state index < -0.39 is 0 Å². The standard InChI is InChI=1S/C15H18O/c1-2-12-7-6-10-14(11-12)15(16)13-8-4-3-5-9-13/h3-9,12,14H,2,10-11H2,1H3/t12-,14-/m1/s1. The van der Waals surface area contributed by atoms with Gasteiger partial charge in [-0.3, -0.25) is 4.79 Å². The highest BCUT2D eigenvalue weighted by Crippen LogP contribution is 2.28. The van der Waals surface area contributed by atoms with E-state index in [1.165, 1.54) is 0 Å². The molecule has 84 valence electrons. The van der Waals surface area contributed by atoms with Crippen LogP contribution in [-0.2, 0) is 0 Å². The average Bonchev–Trinajstić information content (AvgIpc) is 2.39. The summed E-state index contributed by atoms with van der Waals surface area (Å²) >= 11 is 0. The molecule has 1 aliphatic carbocycles. The second kappa shape index (κ2) is 5.11. The van der Waals surface area contributed by atoms with E-state index >= 15 is 0 Å². The van der Waals surface area contributed by atoms with Crippen LogP contribution in [0.25, 0.3) is 0 Å². The van der Waals surface area contributed by atoms with Crippen LogP contribution in [0.5, 0.6) is 0 Å². The summed E-state index contributed by atoms with van der Waals surface area (Å²) in [4.78, 5) is 12.2. The Morgan fingerprint density at radius 1 is 1.31 bits per heavy atom. The molecule has 0 amide bonds. The molecule has 2 atom stereocenters. The van der Waals surface area contributed by atoms with Gasteiger partial charge in [0.1, 0.15) is 0 Å². The van der Waals surface area contributed by atoms with Crippen molar-refractivity contribution in [2.24, 2.45) is 11.8 Å². The topological polar surface area (TPSA) is 17.1 Å². The van der Waals surface area contributed by atoms with Crippen molar-refractivity contribution >= 4 is 5.78 Å². The van der Waals surface area contributed by atoms with Crippen molar-refractivity contribution in [3.63, 3.8) is 0 Å². The van der Waals surface area contributed by atoms with Gasteiger partial charge in [-0.1, -0.05) is 49.4 Å². The van der Waals surface area contributed by atoms with Gasteiger partial charge in [0.25, 0.3) is 0 Å². The van der Waals surface area contributed by atoms with Gasteiger partial charge in [-0.2, -0.15) is 0 Å². The molecule has 1 aliphatic rings. The highest BCUT2D eigenvalue weighted by molar-refractivity contribution is 5.98. The van der Waals surface area contributed by atoms with Crippen LogP contribution in [-0.4, -0.2) is 5.78 Å². The van der Waals surface area contributed by atoms with Crippen LogP contribution in [0.4, 0.5) is 0 Å². The molecule has 0 fully saturated rings. The Bertz CT molecular complexity index is 378. The quantitative estimate of drug-likeness (QED) is 0.551. The molecule has 0 saturated heterocycles. The van der Waals surface area contributed by atoms with Crippen LogP contribution in [0.3, 0.4) is 0 Å². The Kier molecular flexibility index (Phi) is 3.55. The first-order valence-corrected chi connectivity index (χ1v) is 6.07. The summed E-state index contributed by atoms with van der Waals surface area (Å²) in [6.07, 6.45) is 7.48. The minimum atomic E-state index is 0.192. The average molecular weight is 214 g/mol. The Balaban J connectivity index is 2.09. The lowest BCUT2D eigenvalue weighted by atomic mass is 9.81. The number of ketones is 1. The SMILES string of the molecule is CC[C@@H]1C=CC[C@@H](C(=O)c2ccccc2)C1. The van der Waals surface area contributed by atoms with Crippen molar-refractivity contribution < 1.29 is 4.79 Å². The summed E-state index contributed by atoms with van der Waals surface area (Å²) in [7, 11) is 0. The van der Waals surface area contributed by atoms with Gasteiger partial charge in [-0.05, 0) is 25.2 Å². The Morgan fingerprint density at radius 3 is 2.75 bits per heavy atom. The fourth-order valence-electron chi connectivity index (χ4n) is 2.33. The first kappa shape index (κ1) is 11.1. The van der Waals surface area contributed by atoms with Crippen LogP contribution in [0.15, 0.2) is 42.5 Å². The van der Waals surface area contributed by atoms with Gasteiger partial charge in [0.15, 0.2) is 5.78 Å². The van der Waals surface area contributed by atoms with Gasteiger partial charge in [0.05, 0.1) is 0 Å². The minimum Gasteiger partial charge on any atom is -0.294 e. The predicted octanol–water partition coefficient (Wildman–Crippen LogP) is 3.86. The summed E-state index contributed by atoms with van der Waals surface area (Å²) < 4.78 is 0. The zero-order valence-corrected chi connectivity index (χ0v) is 9.73. The van der Waals surface area contributed by atoms with E-state index in [0.29, 0.717) is 11.7 Å². The minimum absolute atomic E-state index is 0.192. The van der Waals surface area contributed by atoms with E-state index in [-0.39, 0.29) is 5.92 Å². The first-order valence-electron chi connectivity index (χ1n) is 6.07. The molecule has 1 heteroatoms. The second-order valence-corrected chi connectivity index (χ2v) is 4.50. The second-order valence-electron chi connectivity index (χ2n) is 4.50. The molecule has 16 heavy (non-hydrogen) atoms.